The first-order chi connectivity index (χ1) is 7.88. The molecule has 0 unspecified atom stereocenters. The molecule has 0 spiro atoms. The molecule has 0 aliphatic heterocycles. The van der Waals surface area contributed by atoms with Crippen LogP contribution in [0.5, 0.6) is 0 Å². The van der Waals surface area contributed by atoms with Gasteiger partial charge >= 0.3 is 0 Å². The van der Waals surface area contributed by atoms with E-state index in [1.807, 2.05) is 0 Å². The van der Waals surface area contributed by atoms with E-state index in [0.29, 0.717) is 0 Å². The molecule has 4 aromatic rings. The lowest BCUT2D eigenvalue weighted by atomic mass is 9.86. The summed E-state index contributed by atoms with van der Waals surface area (Å²) in [5, 5.41) is 5.28. The number of benzene rings is 3. The van der Waals surface area contributed by atoms with Crippen LogP contribution in [-0.4, -0.2) is 0 Å². The fourth-order valence-electron chi connectivity index (χ4n) is 2.93. The molecule has 2 aliphatic rings. The van der Waals surface area contributed by atoms with E-state index >= 15 is 0 Å². The van der Waals surface area contributed by atoms with Crippen molar-refractivity contribution in [2.75, 3.05) is 0 Å². The van der Waals surface area contributed by atoms with Crippen molar-refractivity contribution in [2.45, 2.75) is 6.42 Å². The number of furan rings is 2. The molecule has 0 N–H and O–H groups in total. The minimum absolute atomic E-state index is 1.01. The Hall–Kier alpha value is -2.02. The van der Waals surface area contributed by atoms with Crippen LogP contribution in [-0.2, 0) is 6.42 Å². The van der Waals surface area contributed by atoms with Gasteiger partial charge in [0.2, 0.25) is 0 Å². The maximum Gasteiger partial charge on any atom is 0.135 e. The summed E-state index contributed by atoms with van der Waals surface area (Å²) in [6, 6.07) is 13.3. The normalized spacial score (nSPS) is 14.0. The fourth-order valence-corrected chi connectivity index (χ4v) is 2.93. The maximum absolute atomic E-state index is 5.69. The molecule has 2 aromatic carbocycles. The molecule has 2 aliphatic carbocycles. The highest BCUT2D eigenvalue weighted by atomic mass is 16.3. The number of fused-ring (bicyclic) bond motifs is 5. The van der Waals surface area contributed by atoms with Crippen LogP contribution in [0.15, 0.2) is 40.8 Å². The molecule has 1 nitrogen and oxygen atoms in total. The minimum atomic E-state index is 1.01. The first-order valence-electron chi connectivity index (χ1n) is 5.59. The van der Waals surface area contributed by atoms with Gasteiger partial charge in [0.25, 0.3) is 0 Å². The van der Waals surface area contributed by atoms with Crippen LogP contribution in [0, 0.1) is 0 Å². The van der Waals surface area contributed by atoms with E-state index in [9.17, 15) is 0 Å². The molecule has 0 saturated heterocycles. The molecular weight excluding hydrogens is 196 g/mol. The summed E-state index contributed by atoms with van der Waals surface area (Å²) in [5.41, 5.74) is 4.97. The standard InChI is InChI=1S/C15H8O/c1-2-15-13-7-11-9-3-8(4-9)5-10(11)6-12(13)14(1)16-15/h1-3,5-7H,4H2. The van der Waals surface area contributed by atoms with E-state index in [4.69, 9.17) is 4.42 Å². The van der Waals surface area contributed by atoms with Gasteiger partial charge in [-0.25, -0.2) is 0 Å². The SMILES string of the molecule is c1c2cc3cc4c5ccc(o5)c4cc3c1C2. The van der Waals surface area contributed by atoms with Gasteiger partial charge in [0.05, 0.1) is 0 Å². The van der Waals surface area contributed by atoms with Crippen LogP contribution < -0.4 is 0 Å². The molecule has 0 saturated carbocycles. The molecule has 2 heterocycles. The molecule has 6 rings (SSSR count). The Morgan fingerprint density at radius 2 is 1.56 bits per heavy atom. The van der Waals surface area contributed by atoms with Gasteiger partial charge < -0.3 is 4.42 Å². The first kappa shape index (κ1) is 7.29. The molecular formula is C15H8O. The fraction of sp³-hybridized carbons (Fsp3) is 0.0667. The van der Waals surface area contributed by atoms with E-state index in [0.717, 1.165) is 17.6 Å². The van der Waals surface area contributed by atoms with E-state index in [-0.39, 0.29) is 0 Å². The Kier molecular flexibility index (Phi) is 0.944. The van der Waals surface area contributed by atoms with Crippen LogP contribution in [0.4, 0.5) is 0 Å². The van der Waals surface area contributed by atoms with Crippen LogP contribution >= 0.6 is 0 Å². The van der Waals surface area contributed by atoms with Crippen molar-refractivity contribution < 1.29 is 4.42 Å². The van der Waals surface area contributed by atoms with Gasteiger partial charge in [-0.15, -0.1) is 0 Å². The number of hydrogen-bond acceptors (Lipinski definition) is 1. The molecule has 0 amide bonds. The summed E-state index contributed by atoms with van der Waals surface area (Å²) in [5.74, 6) is 0. The van der Waals surface area contributed by atoms with Gasteiger partial charge in [0.15, 0.2) is 0 Å². The van der Waals surface area contributed by atoms with E-state index in [1.54, 1.807) is 0 Å². The Morgan fingerprint density at radius 3 is 2.38 bits per heavy atom. The highest BCUT2D eigenvalue weighted by molar-refractivity contribution is 6.13. The molecule has 0 radical (unpaired) electrons. The largest absolute Gasteiger partial charge is 0.456 e. The Morgan fingerprint density at radius 1 is 0.812 bits per heavy atom. The summed E-state index contributed by atoms with van der Waals surface area (Å²) >= 11 is 0. The summed E-state index contributed by atoms with van der Waals surface area (Å²) in [4.78, 5) is 0. The van der Waals surface area contributed by atoms with Gasteiger partial charge in [0, 0.05) is 10.8 Å². The number of hydrogen-bond donors (Lipinski definition) is 0. The molecule has 0 atom stereocenters. The predicted molar refractivity (Wildman–Crippen MR) is 65.2 cm³/mol. The highest BCUT2D eigenvalue weighted by Crippen LogP contribution is 2.38. The second-order valence-corrected chi connectivity index (χ2v) is 4.71. The average Bonchev–Trinajstić information content (AvgIpc) is 2.85. The molecule has 1 heteroatoms. The predicted octanol–water partition coefficient (Wildman–Crippen LogP) is 4.08. The Bertz CT molecular complexity index is 867. The molecule has 0 fully saturated rings. The average molecular weight is 204 g/mol. The highest BCUT2D eigenvalue weighted by Gasteiger charge is 2.16. The Balaban J connectivity index is 2.14. The molecule has 16 heavy (non-hydrogen) atoms. The van der Waals surface area contributed by atoms with Crippen molar-refractivity contribution in [3.05, 3.63) is 47.5 Å². The van der Waals surface area contributed by atoms with Gasteiger partial charge in [0.1, 0.15) is 11.2 Å². The zero-order chi connectivity index (χ0) is 10.3. The quantitative estimate of drug-likeness (QED) is 0.346. The third-order valence-electron chi connectivity index (χ3n) is 3.77. The lowest BCUT2D eigenvalue weighted by Gasteiger charge is -2.18. The van der Waals surface area contributed by atoms with Crippen LogP contribution in [0.1, 0.15) is 11.1 Å². The zero-order valence-electron chi connectivity index (χ0n) is 8.58. The van der Waals surface area contributed by atoms with Crippen molar-refractivity contribution in [1.29, 1.82) is 0 Å². The van der Waals surface area contributed by atoms with Gasteiger partial charge in [-0.05, 0) is 52.6 Å². The van der Waals surface area contributed by atoms with Gasteiger partial charge in [-0.1, -0.05) is 12.1 Å². The lowest BCUT2D eigenvalue weighted by Crippen LogP contribution is -2.01. The monoisotopic (exact) mass is 204 g/mol. The molecule has 4 bridgehead atoms. The van der Waals surface area contributed by atoms with Crippen LogP contribution in [0.3, 0.4) is 0 Å². The summed E-state index contributed by atoms with van der Waals surface area (Å²) in [6.45, 7) is 0. The maximum atomic E-state index is 5.69. The van der Waals surface area contributed by atoms with Crippen molar-refractivity contribution in [3.8, 4) is 0 Å². The summed E-state index contributed by atoms with van der Waals surface area (Å²) in [6.07, 6.45) is 1.15. The van der Waals surface area contributed by atoms with E-state index in [1.165, 1.54) is 32.7 Å². The summed E-state index contributed by atoms with van der Waals surface area (Å²) < 4.78 is 5.69. The second kappa shape index (κ2) is 2.07. The lowest BCUT2D eigenvalue weighted by molar-refractivity contribution is 0.679. The van der Waals surface area contributed by atoms with E-state index < -0.39 is 0 Å². The Labute approximate surface area is 91.6 Å². The van der Waals surface area contributed by atoms with E-state index in [2.05, 4.69) is 36.4 Å². The first-order valence-corrected chi connectivity index (χ1v) is 5.59. The molecule has 2 aromatic heterocycles. The van der Waals surface area contributed by atoms with Gasteiger partial charge in [-0.2, -0.15) is 0 Å². The second-order valence-electron chi connectivity index (χ2n) is 4.71. The smallest absolute Gasteiger partial charge is 0.135 e. The zero-order valence-corrected chi connectivity index (χ0v) is 8.58. The van der Waals surface area contributed by atoms with Crippen LogP contribution in [0.2, 0.25) is 0 Å². The number of rotatable bonds is 0. The third kappa shape index (κ3) is 0.654. The van der Waals surface area contributed by atoms with Crippen molar-refractivity contribution in [2.24, 2.45) is 0 Å². The van der Waals surface area contributed by atoms with Gasteiger partial charge in [-0.3, -0.25) is 0 Å². The van der Waals surface area contributed by atoms with Crippen molar-refractivity contribution in [1.82, 2.24) is 0 Å². The topological polar surface area (TPSA) is 13.1 Å². The minimum Gasteiger partial charge on any atom is -0.456 e. The van der Waals surface area contributed by atoms with Crippen molar-refractivity contribution >= 4 is 32.7 Å². The van der Waals surface area contributed by atoms with Crippen molar-refractivity contribution in [3.63, 3.8) is 0 Å². The summed E-state index contributed by atoms with van der Waals surface area (Å²) in [7, 11) is 0. The third-order valence-corrected chi connectivity index (χ3v) is 3.77. The van der Waals surface area contributed by atoms with Crippen LogP contribution in [0.25, 0.3) is 32.7 Å². The molecule has 74 valence electrons.